The van der Waals surface area contributed by atoms with Gasteiger partial charge in [-0.1, -0.05) is 205 Å². The average Bonchev–Trinajstić information content (AvgIpc) is 0.869. The zero-order valence-corrected chi connectivity index (χ0v) is 54.0. The smallest absolute Gasteiger partial charge is 0.364 e. The summed E-state index contributed by atoms with van der Waals surface area (Å²) in [6.45, 7) is 2.16. The number of hydrogen-bond acceptors (Lipinski definition) is 20. The number of carbonyl (C=O) groups is 3. The number of rotatable bonds is 51. The molecular formula is C66H120N2O21. The SMILES string of the molecule is CCCCC/C=C\C=C/CCCCCCCCC(=O)NC(COC1OC(CO)C(OC2OC(CO)C(O)C(OC3(C(=O)O)CC(O)C(NC(C)=O)C(C(O)C(O)CO)O3)C2O)C(O)C1O)C(O)CCCCCCCCCCCCCCCCCCCCCC. The molecule has 0 aromatic carbocycles. The van der Waals surface area contributed by atoms with Crippen LogP contribution in [0.25, 0.3) is 0 Å². The van der Waals surface area contributed by atoms with E-state index in [-0.39, 0.29) is 18.9 Å². The van der Waals surface area contributed by atoms with Crippen LogP contribution in [-0.4, -0.2) is 215 Å². The average molecular weight is 1280 g/mol. The van der Waals surface area contributed by atoms with Gasteiger partial charge in [0.15, 0.2) is 12.6 Å². The van der Waals surface area contributed by atoms with Gasteiger partial charge in [0.05, 0.1) is 50.7 Å². The van der Waals surface area contributed by atoms with E-state index >= 15 is 0 Å². The van der Waals surface area contributed by atoms with E-state index in [1.165, 1.54) is 116 Å². The second kappa shape index (κ2) is 47.1. The van der Waals surface area contributed by atoms with E-state index < -0.39 is 148 Å². The van der Waals surface area contributed by atoms with E-state index in [0.717, 1.165) is 77.6 Å². The van der Waals surface area contributed by atoms with Crippen LogP contribution in [0.2, 0.25) is 0 Å². The number of aliphatic carboxylic acids is 1. The minimum Gasteiger partial charge on any atom is -0.477 e. The van der Waals surface area contributed by atoms with Crippen molar-refractivity contribution in [3.8, 4) is 0 Å². The molecule has 3 aliphatic rings. The van der Waals surface area contributed by atoms with Crippen LogP contribution in [0.4, 0.5) is 0 Å². The summed E-state index contributed by atoms with van der Waals surface area (Å²) < 4.78 is 34.8. The summed E-state index contributed by atoms with van der Waals surface area (Å²) in [5.41, 5.74) is 0. The van der Waals surface area contributed by atoms with E-state index in [1.54, 1.807) is 0 Å². The Morgan fingerprint density at radius 1 is 0.584 bits per heavy atom. The van der Waals surface area contributed by atoms with Crippen molar-refractivity contribution < 1.29 is 104 Å². The molecule has 0 bridgehead atoms. The maximum Gasteiger partial charge on any atom is 0.364 e. The van der Waals surface area contributed by atoms with Crippen LogP contribution in [0.5, 0.6) is 0 Å². The third-order valence-corrected chi connectivity index (χ3v) is 17.4. The first-order chi connectivity index (χ1) is 42.9. The van der Waals surface area contributed by atoms with Gasteiger partial charge in [-0.2, -0.15) is 0 Å². The van der Waals surface area contributed by atoms with Gasteiger partial charge in [-0.05, 0) is 38.5 Å². The zero-order chi connectivity index (χ0) is 65.4. The summed E-state index contributed by atoms with van der Waals surface area (Å²) in [7, 11) is 0. The quantitative estimate of drug-likeness (QED) is 0.0257. The highest BCUT2D eigenvalue weighted by molar-refractivity contribution is 5.77. The van der Waals surface area contributed by atoms with Gasteiger partial charge in [-0.3, -0.25) is 9.59 Å². The number of hydrogen-bond donors (Lipinski definition) is 14. The van der Waals surface area contributed by atoms with Gasteiger partial charge in [0.25, 0.3) is 5.79 Å². The monoisotopic (exact) mass is 1280 g/mol. The topological polar surface area (TPSA) is 373 Å². The standard InChI is InChI=1S/C66H120N2O21/c1-4-6-8-10-12-14-16-18-20-21-22-23-24-26-27-29-31-33-35-37-39-48(73)47(68-53(76)40-38-36-34-32-30-28-25-19-17-15-13-11-9-7-5-2)45-84-63-58(80)57(79)60(52(44-71)86-63)87-64-59(81)62(56(78)51(43-70)85-64)89-66(65(82)83)41-49(74)54(67-46(3)72)61(88-66)55(77)50(75)42-69/h13,15,17,19,47-52,54-64,69-71,73-75,77-81H,4-12,14,16,18,20-45H2,1-3H3,(H,67,72)(H,68,76)(H,82,83)/b15-13-,19-17-. The van der Waals surface area contributed by atoms with Crippen molar-refractivity contribution in [1.82, 2.24) is 10.6 Å². The predicted molar refractivity (Wildman–Crippen MR) is 334 cm³/mol. The third-order valence-electron chi connectivity index (χ3n) is 17.4. The summed E-state index contributed by atoms with van der Waals surface area (Å²) >= 11 is 0. The lowest BCUT2D eigenvalue weighted by Gasteiger charge is -2.50. The number of amides is 2. The molecule has 0 aliphatic carbocycles. The molecule has 0 saturated carbocycles. The number of carbonyl (C=O) groups excluding carboxylic acids is 2. The van der Waals surface area contributed by atoms with Gasteiger partial charge >= 0.3 is 5.97 Å². The molecule has 0 spiro atoms. The summed E-state index contributed by atoms with van der Waals surface area (Å²) in [4.78, 5) is 38.5. The predicted octanol–water partition coefficient (Wildman–Crippen LogP) is 5.67. The largest absolute Gasteiger partial charge is 0.477 e. The van der Waals surface area contributed by atoms with Gasteiger partial charge in [0.1, 0.15) is 67.1 Å². The van der Waals surface area contributed by atoms with Crippen molar-refractivity contribution in [3.63, 3.8) is 0 Å². The highest BCUT2D eigenvalue weighted by Crippen LogP contribution is 2.39. The van der Waals surface area contributed by atoms with Gasteiger partial charge in [0, 0.05) is 19.8 Å². The number of carboxylic acids is 1. The van der Waals surface area contributed by atoms with Crippen LogP contribution >= 0.6 is 0 Å². The first kappa shape index (κ1) is 80.4. The molecule has 18 unspecified atom stereocenters. The molecule has 3 heterocycles. The fourth-order valence-electron chi connectivity index (χ4n) is 11.9. The van der Waals surface area contributed by atoms with E-state index in [4.69, 9.17) is 28.4 Å². The summed E-state index contributed by atoms with van der Waals surface area (Å²) in [5, 5.41) is 136. The molecule has 89 heavy (non-hydrogen) atoms. The van der Waals surface area contributed by atoms with E-state index in [2.05, 4.69) is 48.8 Å². The number of allylic oxidation sites excluding steroid dienone is 4. The molecule has 18 atom stereocenters. The van der Waals surface area contributed by atoms with Gasteiger partial charge in [-0.15, -0.1) is 0 Å². The van der Waals surface area contributed by atoms with Crippen molar-refractivity contribution >= 4 is 17.8 Å². The van der Waals surface area contributed by atoms with Crippen LogP contribution in [0.15, 0.2) is 24.3 Å². The van der Waals surface area contributed by atoms with Crippen molar-refractivity contribution in [2.24, 2.45) is 0 Å². The lowest BCUT2D eigenvalue weighted by atomic mass is 9.88. The number of aliphatic hydroxyl groups is 11. The summed E-state index contributed by atoms with van der Waals surface area (Å²) in [5.74, 6) is -6.12. The fraction of sp³-hybridized carbons (Fsp3) is 0.894. The lowest BCUT2D eigenvalue weighted by Crippen LogP contribution is -2.70. The maximum atomic E-state index is 13.4. The molecule has 3 rings (SSSR count). The molecule has 3 saturated heterocycles. The first-order valence-corrected chi connectivity index (χ1v) is 34.2. The number of carboxylic acid groups (broad SMARTS) is 1. The normalized spacial score (nSPS) is 28.9. The molecule has 23 heteroatoms. The number of ether oxygens (including phenoxy) is 6. The Kier molecular flexibility index (Phi) is 42.6. The van der Waals surface area contributed by atoms with Crippen molar-refractivity contribution in [3.05, 3.63) is 24.3 Å². The van der Waals surface area contributed by atoms with Gasteiger partial charge in [0.2, 0.25) is 11.8 Å². The Morgan fingerprint density at radius 3 is 1.57 bits per heavy atom. The molecule has 14 N–H and O–H groups in total. The molecule has 0 radical (unpaired) electrons. The Hall–Kier alpha value is -2.79. The van der Waals surface area contributed by atoms with E-state index in [1.807, 2.05) is 0 Å². The summed E-state index contributed by atoms with van der Waals surface area (Å²) in [6.07, 6.45) is 16.1. The molecule has 3 aliphatic heterocycles. The minimum atomic E-state index is -3.08. The number of unbranched alkanes of at least 4 members (excludes halogenated alkanes) is 28. The van der Waals surface area contributed by atoms with E-state index in [0.29, 0.717) is 19.3 Å². The zero-order valence-electron chi connectivity index (χ0n) is 54.0. The lowest BCUT2D eigenvalue weighted by molar-refractivity contribution is -0.386. The van der Waals surface area contributed by atoms with Crippen LogP contribution in [-0.2, 0) is 42.8 Å². The molecule has 23 nitrogen and oxygen atoms in total. The third kappa shape index (κ3) is 30.0. The number of nitrogens with one attached hydrogen (secondary N) is 2. The second-order valence-electron chi connectivity index (χ2n) is 25.1. The molecule has 2 amide bonds. The molecular weight excluding hydrogens is 1160 g/mol. The first-order valence-electron chi connectivity index (χ1n) is 34.2. The summed E-state index contributed by atoms with van der Waals surface area (Å²) in [6, 6.07) is -2.54. The Balaban J connectivity index is 1.60. The van der Waals surface area contributed by atoms with Crippen LogP contribution < -0.4 is 10.6 Å². The number of aliphatic hydroxyl groups excluding tert-OH is 11. The van der Waals surface area contributed by atoms with Crippen LogP contribution in [0.1, 0.15) is 239 Å². The highest BCUT2D eigenvalue weighted by atomic mass is 16.8. The van der Waals surface area contributed by atoms with Crippen molar-refractivity contribution in [2.45, 2.75) is 349 Å². The minimum absolute atomic E-state index is 0.210. The Bertz CT molecular complexity index is 1900. The van der Waals surface area contributed by atoms with Crippen LogP contribution in [0, 0.1) is 0 Å². The van der Waals surface area contributed by atoms with Gasteiger partial charge in [-0.25, -0.2) is 4.79 Å². The maximum absolute atomic E-state index is 13.4. The second-order valence-corrected chi connectivity index (χ2v) is 25.1. The van der Waals surface area contributed by atoms with Crippen molar-refractivity contribution in [1.29, 1.82) is 0 Å². The Morgan fingerprint density at radius 2 is 1.07 bits per heavy atom. The molecule has 0 aromatic rings. The molecule has 3 fully saturated rings. The van der Waals surface area contributed by atoms with Crippen LogP contribution in [0.3, 0.4) is 0 Å². The molecule has 520 valence electrons. The van der Waals surface area contributed by atoms with Gasteiger partial charge < -0.3 is 100 Å². The van der Waals surface area contributed by atoms with Crippen molar-refractivity contribution in [2.75, 3.05) is 26.4 Å². The Labute approximate surface area is 530 Å². The van der Waals surface area contributed by atoms with E-state index in [9.17, 15) is 75.7 Å². The molecule has 0 aromatic heterocycles. The fourth-order valence-corrected chi connectivity index (χ4v) is 11.9. The highest BCUT2D eigenvalue weighted by Gasteiger charge is 2.60.